The summed E-state index contributed by atoms with van der Waals surface area (Å²) >= 11 is 0. The highest BCUT2D eigenvalue weighted by Gasteiger charge is 2.23. The molecule has 2 rings (SSSR count). The Morgan fingerprint density at radius 1 is 0.857 bits per heavy atom. The number of benzene rings is 2. The molecule has 0 aliphatic rings. The van der Waals surface area contributed by atoms with Gasteiger partial charge >= 0.3 is 0 Å². The number of hydrogen-bond acceptors (Lipinski definition) is 2. The molecule has 112 valence electrons. The van der Waals surface area contributed by atoms with Crippen LogP contribution in [-0.2, 0) is 0 Å². The second kappa shape index (κ2) is 6.78. The summed E-state index contributed by atoms with van der Waals surface area (Å²) in [6, 6.07) is 12.1. The molecular weight excluding hydrogens is 272 g/mol. The predicted molar refractivity (Wildman–Crippen MR) is 79.2 cm³/mol. The van der Waals surface area contributed by atoms with Gasteiger partial charge in [0.15, 0.2) is 0 Å². The third-order valence-electron chi connectivity index (χ3n) is 3.40. The van der Waals surface area contributed by atoms with E-state index in [-0.39, 0.29) is 17.6 Å². The SMILES string of the molecule is CN(C)C[C@@H](O)C(c1ccc(F)cc1)c1ccc(F)cc1. The minimum Gasteiger partial charge on any atom is -0.391 e. The Bertz CT molecular complexity index is 521. The first-order chi connectivity index (χ1) is 9.97. The minimum absolute atomic E-state index is 0.321. The second-order valence-electron chi connectivity index (χ2n) is 5.41. The molecule has 0 saturated carbocycles. The smallest absolute Gasteiger partial charge is 0.123 e. The lowest BCUT2D eigenvalue weighted by Gasteiger charge is -2.26. The Labute approximate surface area is 123 Å². The van der Waals surface area contributed by atoms with Gasteiger partial charge in [-0.05, 0) is 49.5 Å². The van der Waals surface area contributed by atoms with Crippen molar-refractivity contribution in [2.75, 3.05) is 20.6 Å². The van der Waals surface area contributed by atoms with E-state index in [2.05, 4.69) is 0 Å². The molecule has 2 nitrogen and oxygen atoms in total. The van der Waals surface area contributed by atoms with Crippen molar-refractivity contribution in [3.63, 3.8) is 0 Å². The van der Waals surface area contributed by atoms with E-state index in [0.717, 1.165) is 11.1 Å². The molecule has 0 unspecified atom stereocenters. The topological polar surface area (TPSA) is 23.5 Å². The van der Waals surface area contributed by atoms with Crippen LogP contribution in [-0.4, -0.2) is 36.8 Å². The summed E-state index contributed by atoms with van der Waals surface area (Å²) in [5, 5.41) is 10.5. The van der Waals surface area contributed by atoms with Crippen molar-refractivity contribution in [3.05, 3.63) is 71.3 Å². The maximum atomic E-state index is 13.1. The van der Waals surface area contributed by atoms with Crippen LogP contribution in [0.25, 0.3) is 0 Å². The van der Waals surface area contributed by atoms with Crippen molar-refractivity contribution in [1.82, 2.24) is 4.90 Å². The number of nitrogens with zero attached hydrogens (tertiary/aromatic N) is 1. The van der Waals surface area contributed by atoms with Gasteiger partial charge in [-0.2, -0.15) is 0 Å². The van der Waals surface area contributed by atoms with Gasteiger partial charge in [-0.3, -0.25) is 0 Å². The van der Waals surface area contributed by atoms with Gasteiger partial charge in [0.2, 0.25) is 0 Å². The van der Waals surface area contributed by atoms with Crippen molar-refractivity contribution < 1.29 is 13.9 Å². The maximum absolute atomic E-state index is 13.1. The van der Waals surface area contributed by atoms with Crippen LogP contribution in [0, 0.1) is 11.6 Å². The molecule has 2 aromatic rings. The fraction of sp³-hybridized carbons (Fsp3) is 0.294. The monoisotopic (exact) mass is 291 g/mol. The summed E-state index contributed by atoms with van der Waals surface area (Å²) in [6.45, 7) is 0.458. The lowest BCUT2D eigenvalue weighted by atomic mass is 9.86. The molecule has 0 heterocycles. The molecule has 0 aliphatic heterocycles. The first kappa shape index (κ1) is 15.6. The van der Waals surface area contributed by atoms with Crippen LogP contribution < -0.4 is 0 Å². The molecule has 2 aromatic carbocycles. The first-order valence-electron chi connectivity index (χ1n) is 6.81. The molecule has 0 saturated heterocycles. The van der Waals surface area contributed by atoms with Crippen molar-refractivity contribution in [1.29, 1.82) is 0 Å². The summed E-state index contributed by atoms with van der Waals surface area (Å²) in [4.78, 5) is 1.88. The molecule has 21 heavy (non-hydrogen) atoms. The summed E-state index contributed by atoms with van der Waals surface area (Å²) in [5.74, 6) is -0.967. The van der Waals surface area contributed by atoms with Gasteiger partial charge in [-0.15, -0.1) is 0 Å². The van der Waals surface area contributed by atoms with Crippen LogP contribution in [0.2, 0.25) is 0 Å². The normalized spacial score (nSPS) is 12.9. The Morgan fingerprint density at radius 3 is 1.57 bits per heavy atom. The third kappa shape index (κ3) is 4.09. The van der Waals surface area contributed by atoms with Crippen LogP contribution >= 0.6 is 0 Å². The van der Waals surface area contributed by atoms with E-state index in [9.17, 15) is 13.9 Å². The molecule has 0 aromatic heterocycles. The molecule has 1 N–H and O–H groups in total. The average Bonchev–Trinajstić information content (AvgIpc) is 2.42. The molecule has 0 radical (unpaired) electrons. The van der Waals surface area contributed by atoms with E-state index in [4.69, 9.17) is 0 Å². The molecule has 0 bridgehead atoms. The number of aliphatic hydroxyl groups excluding tert-OH is 1. The van der Waals surface area contributed by atoms with Crippen LogP contribution in [0.5, 0.6) is 0 Å². The molecule has 0 aliphatic carbocycles. The van der Waals surface area contributed by atoms with Gasteiger partial charge in [0.1, 0.15) is 11.6 Å². The fourth-order valence-corrected chi connectivity index (χ4v) is 2.46. The second-order valence-corrected chi connectivity index (χ2v) is 5.41. The van der Waals surface area contributed by atoms with Gasteiger partial charge < -0.3 is 10.0 Å². The molecular formula is C17H19F2NO. The van der Waals surface area contributed by atoms with Gasteiger partial charge in [0.25, 0.3) is 0 Å². The van der Waals surface area contributed by atoms with Crippen LogP contribution in [0.15, 0.2) is 48.5 Å². The third-order valence-corrected chi connectivity index (χ3v) is 3.40. The Morgan fingerprint density at radius 2 is 1.24 bits per heavy atom. The highest BCUT2D eigenvalue weighted by atomic mass is 19.1. The lowest BCUT2D eigenvalue weighted by molar-refractivity contribution is 0.121. The Kier molecular flexibility index (Phi) is 5.04. The van der Waals surface area contributed by atoms with Crippen LogP contribution in [0.4, 0.5) is 8.78 Å². The van der Waals surface area contributed by atoms with Gasteiger partial charge in [0, 0.05) is 12.5 Å². The Hall–Kier alpha value is -1.78. The summed E-state index contributed by atoms with van der Waals surface area (Å²) < 4.78 is 26.2. The quantitative estimate of drug-likeness (QED) is 0.915. The number of rotatable bonds is 5. The van der Waals surface area contributed by atoms with Crippen LogP contribution in [0.1, 0.15) is 17.0 Å². The van der Waals surface area contributed by atoms with Gasteiger partial charge in [0.05, 0.1) is 6.10 Å². The highest BCUT2D eigenvalue weighted by molar-refractivity contribution is 5.34. The van der Waals surface area contributed by atoms with Crippen molar-refractivity contribution >= 4 is 0 Å². The number of hydrogen-bond donors (Lipinski definition) is 1. The van der Waals surface area contributed by atoms with Crippen molar-refractivity contribution in [2.24, 2.45) is 0 Å². The van der Waals surface area contributed by atoms with Crippen molar-refractivity contribution in [2.45, 2.75) is 12.0 Å². The molecule has 4 heteroatoms. The van der Waals surface area contributed by atoms with Crippen LogP contribution in [0.3, 0.4) is 0 Å². The van der Waals surface area contributed by atoms with E-state index in [1.54, 1.807) is 24.3 Å². The zero-order valence-electron chi connectivity index (χ0n) is 12.1. The lowest BCUT2D eigenvalue weighted by Crippen LogP contribution is -2.31. The summed E-state index contributed by atoms with van der Waals surface area (Å²) in [7, 11) is 3.74. The van der Waals surface area contributed by atoms with E-state index >= 15 is 0 Å². The number of halogens is 2. The first-order valence-corrected chi connectivity index (χ1v) is 6.81. The summed E-state index contributed by atoms with van der Waals surface area (Å²) in [5.41, 5.74) is 1.61. The van der Waals surface area contributed by atoms with Crippen molar-refractivity contribution in [3.8, 4) is 0 Å². The zero-order valence-corrected chi connectivity index (χ0v) is 12.1. The van der Waals surface area contributed by atoms with E-state index in [0.29, 0.717) is 6.54 Å². The molecule has 0 amide bonds. The molecule has 0 fully saturated rings. The van der Waals surface area contributed by atoms with E-state index in [1.165, 1.54) is 24.3 Å². The standard InChI is InChI=1S/C17H19F2NO/c1-20(2)11-16(21)17(12-3-7-14(18)8-4-12)13-5-9-15(19)10-6-13/h3-10,16-17,21H,11H2,1-2H3/t16-/m1/s1. The fourth-order valence-electron chi connectivity index (χ4n) is 2.46. The largest absolute Gasteiger partial charge is 0.391 e. The zero-order chi connectivity index (χ0) is 15.4. The van der Waals surface area contributed by atoms with E-state index < -0.39 is 6.10 Å². The average molecular weight is 291 g/mol. The van der Waals surface area contributed by atoms with Gasteiger partial charge in [-0.1, -0.05) is 24.3 Å². The number of aliphatic hydroxyl groups is 1. The molecule has 0 spiro atoms. The maximum Gasteiger partial charge on any atom is 0.123 e. The Balaban J connectivity index is 2.38. The highest BCUT2D eigenvalue weighted by Crippen LogP contribution is 2.29. The molecule has 1 atom stereocenters. The van der Waals surface area contributed by atoms with Gasteiger partial charge in [-0.25, -0.2) is 8.78 Å². The predicted octanol–water partition coefficient (Wildman–Crippen LogP) is 3.02. The van der Waals surface area contributed by atoms with E-state index in [1.807, 2.05) is 19.0 Å². The summed E-state index contributed by atoms with van der Waals surface area (Å²) in [6.07, 6.45) is -0.670. The minimum atomic E-state index is -0.670. The number of likely N-dealkylation sites (N-methyl/N-ethyl adjacent to an activating group) is 1.